The van der Waals surface area contributed by atoms with Crippen molar-refractivity contribution in [1.29, 1.82) is 5.41 Å². The summed E-state index contributed by atoms with van der Waals surface area (Å²) in [6.45, 7) is 0. The predicted octanol–water partition coefficient (Wildman–Crippen LogP) is 4.66. The molecule has 2 aliphatic rings. The maximum Gasteiger partial charge on any atom is 0.416 e. The molecule has 0 bridgehead atoms. The smallest absolute Gasteiger partial charge is 0.416 e. The van der Waals surface area contributed by atoms with Gasteiger partial charge in [0, 0.05) is 6.07 Å². The lowest BCUT2D eigenvalue weighted by atomic mass is 10.1. The summed E-state index contributed by atoms with van der Waals surface area (Å²) in [5.74, 6) is -1.15. The summed E-state index contributed by atoms with van der Waals surface area (Å²) in [6, 6.07) is 6.17. The second-order valence-corrected chi connectivity index (χ2v) is 7.52. The topological polar surface area (TPSA) is 130 Å². The number of nitro groups is 1. The van der Waals surface area contributed by atoms with E-state index in [4.69, 9.17) is 14.9 Å². The van der Waals surface area contributed by atoms with Crippen LogP contribution in [0.25, 0.3) is 6.08 Å². The quantitative estimate of drug-likeness (QED) is 0.366. The van der Waals surface area contributed by atoms with Crippen LogP contribution in [0.1, 0.15) is 11.1 Å². The van der Waals surface area contributed by atoms with Gasteiger partial charge in [0.25, 0.3) is 5.91 Å². The van der Waals surface area contributed by atoms with E-state index >= 15 is 0 Å². The van der Waals surface area contributed by atoms with Gasteiger partial charge in [-0.15, -0.1) is 0 Å². The maximum atomic E-state index is 12.9. The first-order chi connectivity index (χ1) is 16.1. The number of nitrogens with zero attached hydrogens (tertiary/aromatic N) is 4. The normalized spacial score (nSPS) is 16.5. The number of thioether (sulfide) groups is 1. The second kappa shape index (κ2) is 8.62. The third-order valence-electron chi connectivity index (χ3n) is 4.60. The zero-order chi connectivity index (χ0) is 24.6. The summed E-state index contributed by atoms with van der Waals surface area (Å²) in [5.41, 5.74) is -0.237. The first-order valence-corrected chi connectivity index (χ1v) is 10.1. The van der Waals surface area contributed by atoms with Crippen LogP contribution in [0.15, 0.2) is 52.1 Å². The third-order valence-corrected chi connectivity index (χ3v) is 5.27. The Kier molecular flexibility index (Phi) is 5.83. The van der Waals surface area contributed by atoms with Crippen molar-refractivity contribution in [2.75, 3.05) is 7.11 Å². The Balaban J connectivity index is 1.66. The third kappa shape index (κ3) is 4.34. The van der Waals surface area contributed by atoms with Crippen LogP contribution in [0.4, 0.5) is 18.9 Å². The molecule has 1 N–H and O–H groups in total. The number of nitro benzene ring substituents is 1. The number of nitrogens with one attached hydrogen (secondary N) is 1. The largest absolute Gasteiger partial charge is 0.493 e. The lowest BCUT2D eigenvalue weighted by Gasteiger charge is -2.20. The van der Waals surface area contributed by atoms with E-state index in [0.717, 1.165) is 17.8 Å². The summed E-state index contributed by atoms with van der Waals surface area (Å²) in [6.07, 6.45) is -3.37. The molecule has 0 aromatic heterocycles. The Morgan fingerprint density at radius 1 is 1.18 bits per heavy atom. The molecule has 4 rings (SSSR count). The van der Waals surface area contributed by atoms with Crippen molar-refractivity contribution < 1.29 is 32.4 Å². The Bertz CT molecular complexity index is 1320. The van der Waals surface area contributed by atoms with Gasteiger partial charge in [-0.25, -0.2) is 0 Å². The van der Waals surface area contributed by atoms with Crippen molar-refractivity contribution >= 4 is 46.0 Å². The molecule has 14 heteroatoms. The average Bonchev–Trinajstić information content (AvgIpc) is 3.25. The molecule has 1 amide bonds. The summed E-state index contributed by atoms with van der Waals surface area (Å²) >= 11 is 1.10. The molecule has 2 aliphatic heterocycles. The lowest BCUT2D eigenvalue weighted by molar-refractivity contribution is -0.385. The highest BCUT2D eigenvalue weighted by atomic mass is 32.2. The van der Waals surface area contributed by atoms with Gasteiger partial charge in [0.05, 0.1) is 28.7 Å². The van der Waals surface area contributed by atoms with E-state index in [-0.39, 0.29) is 28.1 Å². The first kappa shape index (κ1) is 23.0. The van der Waals surface area contributed by atoms with Gasteiger partial charge in [-0.1, -0.05) is 6.07 Å². The molecule has 174 valence electrons. The van der Waals surface area contributed by atoms with Gasteiger partial charge in [-0.3, -0.25) is 20.3 Å². The molecule has 0 saturated carbocycles. The van der Waals surface area contributed by atoms with Gasteiger partial charge in [0.15, 0.2) is 22.5 Å². The van der Waals surface area contributed by atoms with E-state index in [1.54, 1.807) is 0 Å². The van der Waals surface area contributed by atoms with Crippen molar-refractivity contribution in [3.05, 3.63) is 63.2 Å². The highest BCUT2D eigenvalue weighted by Crippen LogP contribution is 2.40. The molecule has 0 saturated heterocycles. The molecule has 0 aliphatic carbocycles. The molecule has 2 aromatic rings. The van der Waals surface area contributed by atoms with Crippen LogP contribution in [0.2, 0.25) is 0 Å². The van der Waals surface area contributed by atoms with E-state index in [1.807, 2.05) is 0 Å². The van der Waals surface area contributed by atoms with Crippen LogP contribution < -0.4 is 9.47 Å². The van der Waals surface area contributed by atoms with Gasteiger partial charge in [0.2, 0.25) is 5.75 Å². The molecule has 0 fully saturated rings. The Labute approximate surface area is 193 Å². The SMILES string of the molecule is COc1cc(/C=C2/C(=N)N3N=CSC3=NC2=O)ccc1Oc1ccc(C(F)(F)F)cc1[N+](=O)[O-]. The van der Waals surface area contributed by atoms with Gasteiger partial charge in [-0.2, -0.15) is 28.3 Å². The molecular weight excluding hydrogens is 479 g/mol. The Hall–Kier alpha value is -4.20. The number of methoxy groups -OCH3 is 1. The first-order valence-electron chi connectivity index (χ1n) is 9.23. The molecule has 0 unspecified atom stereocenters. The Morgan fingerprint density at radius 2 is 1.91 bits per heavy atom. The summed E-state index contributed by atoms with van der Waals surface area (Å²) in [4.78, 5) is 26.5. The zero-order valence-electron chi connectivity index (χ0n) is 17.0. The predicted molar refractivity (Wildman–Crippen MR) is 117 cm³/mol. The van der Waals surface area contributed by atoms with Crippen LogP contribution in [-0.4, -0.2) is 39.5 Å². The van der Waals surface area contributed by atoms with Crippen LogP contribution in [0, 0.1) is 15.5 Å². The van der Waals surface area contributed by atoms with Crippen molar-refractivity contribution in [1.82, 2.24) is 5.01 Å². The zero-order valence-corrected chi connectivity index (χ0v) is 17.8. The minimum atomic E-state index is -4.76. The highest BCUT2D eigenvalue weighted by Gasteiger charge is 2.34. The number of halogens is 3. The molecule has 0 atom stereocenters. The number of benzene rings is 2. The van der Waals surface area contributed by atoms with E-state index in [2.05, 4.69) is 10.1 Å². The Morgan fingerprint density at radius 3 is 2.59 bits per heavy atom. The molecule has 0 radical (unpaired) electrons. The molecule has 2 aromatic carbocycles. The van der Waals surface area contributed by atoms with Crippen molar-refractivity contribution in [2.45, 2.75) is 6.18 Å². The average molecular weight is 491 g/mol. The fourth-order valence-corrected chi connectivity index (χ4v) is 3.61. The second-order valence-electron chi connectivity index (χ2n) is 6.71. The lowest BCUT2D eigenvalue weighted by Crippen LogP contribution is -2.35. The molecule has 10 nitrogen and oxygen atoms in total. The van der Waals surface area contributed by atoms with Crippen molar-refractivity contribution in [2.24, 2.45) is 10.1 Å². The van der Waals surface area contributed by atoms with Gasteiger partial charge >= 0.3 is 11.9 Å². The minimum absolute atomic E-state index is 0.0154. The summed E-state index contributed by atoms with van der Waals surface area (Å²) in [7, 11) is 1.29. The highest BCUT2D eigenvalue weighted by molar-refractivity contribution is 8.25. The number of amides is 1. The summed E-state index contributed by atoms with van der Waals surface area (Å²) < 4.78 is 49.5. The van der Waals surface area contributed by atoms with Crippen LogP contribution in [-0.2, 0) is 11.0 Å². The number of carbonyl (C=O) groups is 1. The van der Waals surface area contributed by atoms with Gasteiger partial charge in [0.1, 0.15) is 0 Å². The van der Waals surface area contributed by atoms with Crippen LogP contribution in [0.3, 0.4) is 0 Å². The molecule has 0 spiro atoms. The monoisotopic (exact) mass is 491 g/mol. The van der Waals surface area contributed by atoms with E-state index < -0.39 is 34.0 Å². The number of ether oxygens (including phenoxy) is 2. The number of aliphatic imine (C=N–C) groups is 1. The minimum Gasteiger partial charge on any atom is -0.493 e. The molecule has 2 heterocycles. The molecular formula is C20H12F3N5O5S. The fraction of sp³-hybridized carbons (Fsp3) is 0.100. The number of fused-ring (bicyclic) bond motifs is 1. The van der Waals surface area contributed by atoms with Gasteiger partial charge < -0.3 is 9.47 Å². The molecule has 34 heavy (non-hydrogen) atoms. The van der Waals surface area contributed by atoms with Crippen LogP contribution >= 0.6 is 11.8 Å². The van der Waals surface area contributed by atoms with E-state index in [9.17, 15) is 28.1 Å². The van der Waals surface area contributed by atoms with Crippen molar-refractivity contribution in [3.63, 3.8) is 0 Å². The van der Waals surface area contributed by atoms with Crippen molar-refractivity contribution in [3.8, 4) is 17.2 Å². The summed E-state index contributed by atoms with van der Waals surface area (Å²) in [5, 5.41) is 24.9. The number of alkyl halides is 3. The number of rotatable bonds is 5. The number of hydrogen-bond acceptors (Lipinski definition) is 8. The van der Waals surface area contributed by atoms with Crippen LogP contribution in [0.5, 0.6) is 17.2 Å². The number of carbonyl (C=O) groups excluding carboxylic acids is 1. The van der Waals surface area contributed by atoms with E-state index in [1.165, 1.54) is 41.9 Å². The standard InChI is InChI=1S/C20H12F3N5O5S/c1-32-16-7-10(6-12-17(24)27-19(26-18(12)29)34-9-25-27)2-4-15(16)33-14-5-3-11(20(21,22)23)8-13(14)28(30)31/h2-9,24H,1H3/b12-6-,24-17?. The maximum absolute atomic E-state index is 12.9. The number of hydrazone groups is 1. The number of hydrogen-bond donors (Lipinski definition) is 1. The van der Waals surface area contributed by atoms with E-state index in [0.29, 0.717) is 17.7 Å². The number of amidine groups is 2. The van der Waals surface area contributed by atoms with Gasteiger partial charge in [-0.05, 0) is 47.7 Å². The fourth-order valence-electron chi connectivity index (χ4n) is 3.00.